The molecular formula is C21H14N8O8. The summed E-state index contributed by atoms with van der Waals surface area (Å²) in [6.45, 7) is 0. The van der Waals surface area contributed by atoms with Crippen molar-refractivity contribution in [1.29, 1.82) is 0 Å². The van der Waals surface area contributed by atoms with E-state index < -0.39 is 42.4 Å². The minimum Gasteiger partial charge on any atom is -0.271 e. The lowest BCUT2D eigenvalue weighted by atomic mass is 10.1. The van der Waals surface area contributed by atoms with E-state index in [0.717, 1.165) is 24.3 Å². The molecule has 0 fully saturated rings. The molecule has 0 radical (unpaired) electrons. The molecule has 0 spiro atoms. The second kappa shape index (κ2) is 9.82. The van der Waals surface area contributed by atoms with Crippen LogP contribution in [0.2, 0.25) is 0 Å². The Kier molecular flexibility index (Phi) is 6.46. The lowest BCUT2D eigenvalue weighted by Gasteiger charge is -2.04. The average molecular weight is 506 g/mol. The maximum absolute atomic E-state index is 11.4. The zero-order valence-electron chi connectivity index (χ0n) is 18.4. The minimum absolute atomic E-state index is 0.0643. The van der Waals surface area contributed by atoms with Crippen molar-refractivity contribution in [2.24, 2.45) is 10.2 Å². The Hall–Kier alpha value is -5.80. The van der Waals surface area contributed by atoms with Gasteiger partial charge in [-0.15, -0.1) is 0 Å². The van der Waals surface area contributed by atoms with E-state index in [4.69, 9.17) is 0 Å². The van der Waals surface area contributed by atoms with Gasteiger partial charge in [-0.3, -0.25) is 51.3 Å². The quantitative estimate of drug-likeness (QED) is 0.324. The molecule has 0 unspecified atom stereocenters. The van der Waals surface area contributed by atoms with Gasteiger partial charge in [-0.1, -0.05) is 24.3 Å². The molecule has 186 valence electrons. The molecule has 37 heavy (non-hydrogen) atoms. The van der Waals surface area contributed by atoms with Gasteiger partial charge in [-0.2, -0.15) is 10.2 Å². The zero-order chi connectivity index (χ0) is 26.7. The van der Waals surface area contributed by atoms with Crippen LogP contribution in [-0.4, -0.2) is 31.1 Å². The highest BCUT2D eigenvalue weighted by Gasteiger charge is 2.26. The molecule has 16 nitrogen and oxygen atoms in total. The molecule has 0 saturated carbocycles. The summed E-state index contributed by atoms with van der Waals surface area (Å²) in [5.41, 5.74) is 5.19. The summed E-state index contributed by atoms with van der Waals surface area (Å²) in [6, 6.07) is 13.1. The van der Waals surface area contributed by atoms with Crippen LogP contribution >= 0.6 is 0 Å². The van der Waals surface area contributed by atoms with Crippen molar-refractivity contribution in [3.05, 3.63) is 112 Å². The topological polar surface area (TPSA) is 221 Å². The van der Waals surface area contributed by atoms with E-state index in [1.807, 2.05) is 0 Å². The van der Waals surface area contributed by atoms with E-state index >= 15 is 0 Å². The minimum atomic E-state index is -0.772. The smallest absolute Gasteiger partial charge is 0.271 e. The number of nitrogens with zero attached hydrogens (tertiary/aromatic N) is 6. The Morgan fingerprint density at radius 2 is 1.00 bits per heavy atom. The highest BCUT2D eigenvalue weighted by Crippen LogP contribution is 2.31. The fraction of sp³-hybridized carbons (Fsp3) is 0.0476. The number of fused-ring (bicyclic) bond motifs is 1. The van der Waals surface area contributed by atoms with Crippen molar-refractivity contribution < 1.29 is 19.7 Å². The van der Waals surface area contributed by atoms with Gasteiger partial charge in [0, 0.05) is 29.7 Å². The van der Waals surface area contributed by atoms with Gasteiger partial charge in [-0.05, 0) is 12.1 Å². The van der Waals surface area contributed by atoms with Crippen LogP contribution < -0.4 is 10.9 Å². The molecule has 1 aliphatic carbocycles. The van der Waals surface area contributed by atoms with Crippen molar-refractivity contribution >= 4 is 45.5 Å². The van der Waals surface area contributed by atoms with Crippen molar-refractivity contribution in [3.8, 4) is 0 Å². The molecule has 0 aliphatic heterocycles. The standard InChI is InChI=1S/C21H14N8O8/c30-26(31)12-5-7-16(20(9-12)28(34)35)22-24-18-11-19(15-4-2-1-3-14(15)18)25-23-17-8-6-13(27(32)33)10-21(17)29(36)37/h1-10,22-23H,11H2/b24-18+,25-19+. The number of nitro benzene ring substituents is 4. The van der Waals surface area contributed by atoms with Gasteiger partial charge >= 0.3 is 11.4 Å². The molecule has 0 aromatic heterocycles. The number of rotatable bonds is 8. The molecule has 0 bridgehead atoms. The van der Waals surface area contributed by atoms with Crippen LogP contribution in [0.1, 0.15) is 17.5 Å². The van der Waals surface area contributed by atoms with Gasteiger partial charge in [0.05, 0.1) is 43.2 Å². The molecule has 1 aliphatic rings. The lowest BCUT2D eigenvalue weighted by molar-refractivity contribution is -0.393. The second-order valence-corrected chi connectivity index (χ2v) is 7.49. The Balaban J connectivity index is 1.64. The van der Waals surface area contributed by atoms with Crippen molar-refractivity contribution in [1.82, 2.24) is 0 Å². The molecule has 0 atom stereocenters. The van der Waals surface area contributed by atoms with Crippen molar-refractivity contribution in [3.63, 3.8) is 0 Å². The maximum Gasteiger partial charge on any atom is 0.301 e. The van der Waals surface area contributed by atoms with Gasteiger partial charge < -0.3 is 0 Å². The monoisotopic (exact) mass is 506 g/mol. The summed E-state index contributed by atoms with van der Waals surface area (Å²) in [6.07, 6.45) is 0.126. The van der Waals surface area contributed by atoms with Crippen molar-refractivity contribution in [2.75, 3.05) is 10.9 Å². The molecule has 0 amide bonds. The SMILES string of the molecule is O=[N+]([O-])c1ccc(N/N=C2\C/C(=N\Nc3ccc([N+](=O)[O-])cc3[N+](=O)[O-])c3ccccc32)c([N+](=O)[O-])c1. The Labute approximate surface area is 205 Å². The van der Waals surface area contributed by atoms with Gasteiger partial charge in [0.1, 0.15) is 11.4 Å². The molecule has 3 aromatic rings. The summed E-state index contributed by atoms with van der Waals surface area (Å²) in [5.74, 6) is 0. The first-order valence-electron chi connectivity index (χ1n) is 10.3. The summed E-state index contributed by atoms with van der Waals surface area (Å²) in [5, 5.41) is 53.1. The second-order valence-electron chi connectivity index (χ2n) is 7.49. The van der Waals surface area contributed by atoms with Crippen molar-refractivity contribution in [2.45, 2.75) is 6.42 Å². The van der Waals surface area contributed by atoms with Crippen LogP contribution in [0, 0.1) is 40.5 Å². The molecule has 16 heteroatoms. The fourth-order valence-electron chi connectivity index (χ4n) is 3.55. The number of hydrogen-bond donors (Lipinski definition) is 2. The van der Waals surface area contributed by atoms with Crippen LogP contribution in [0.4, 0.5) is 34.1 Å². The number of nitro groups is 4. The van der Waals surface area contributed by atoms with Crippen LogP contribution in [0.5, 0.6) is 0 Å². The van der Waals surface area contributed by atoms with E-state index in [-0.39, 0.29) is 17.8 Å². The Morgan fingerprint density at radius 3 is 1.35 bits per heavy atom. The van der Waals surface area contributed by atoms with E-state index in [1.165, 1.54) is 12.1 Å². The third-order valence-electron chi connectivity index (χ3n) is 5.28. The van der Waals surface area contributed by atoms with Gasteiger partial charge in [-0.25, -0.2) is 0 Å². The number of non-ortho nitro benzene ring substituents is 2. The van der Waals surface area contributed by atoms with Crippen LogP contribution in [-0.2, 0) is 0 Å². The first-order chi connectivity index (χ1) is 17.7. The van der Waals surface area contributed by atoms with Gasteiger partial charge in [0.15, 0.2) is 0 Å². The molecule has 3 aromatic carbocycles. The van der Waals surface area contributed by atoms with Crippen LogP contribution in [0.3, 0.4) is 0 Å². The number of nitrogens with one attached hydrogen (secondary N) is 2. The van der Waals surface area contributed by atoms with E-state index in [2.05, 4.69) is 21.1 Å². The molecular weight excluding hydrogens is 492 g/mol. The third-order valence-corrected chi connectivity index (χ3v) is 5.28. The predicted octanol–water partition coefficient (Wildman–Crippen LogP) is 4.36. The summed E-state index contributed by atoms with van der Waals surface area (Å²) < 4.78 is 0. The first kappa shape index (κ1) is 24.3. The van der Waals surface area contributed by atoms with Crippen LogP contribution in [0.25, 0.3) is 0 Å². The van der Waals surface area contributed by atoms with E-state index in [1.54, 1.807) is 24.3 Å². The first-order valence-corrected chi connectivity index (χ1v) is 10.3. The average Bonchev–Trinajstić information content (AvgIpc) is 3.23. The van der Waals surface area contributed by atoms with E-state index in [0.29, 0.717) is 22.6 Å². The lowest BCUT2D eigenvalue weighted by Crippen LogP contribution is -2.05. The summed E-state index contributed by atoms with van der Waals surface area (Å²) >= 11 is 0. The number of anilines is 2. The molecule has 4 rings (SSSR count). The largest absolute Gasteiger partial charge is 0.301 e. The number of hydrogen-bond acceptors (Lipinski definition) is 12. The van der Waals surface area contributed by atoms with E-state index in [9.17, 15) is 40.5 Å². The molecule has 0 heterocycles. The number of benzene rings is 3. The normalized spacial score (nSPS) is 14.3. The van der Waals surface area contributed by atoms with Crippen LogP contribution in [0.15, 0.2) is 70.9 Å². The van der Waals surface area contributed by atoms with Gasteiger partial charge in [0.25, 0.3) is 11.4 Å². The molecule has 2 N–H and O–H groups in total. The molecule has 0 saturated heterocycles. The maximum atomic E-state index is 11.4. The van der Waals surface area contributed by atoms with Gasteiger partial charge in [0.2, 0.25) is 0 Å². The highest BCUT2D eigenvalue weighted by molar-refractivity contribution is 6.28. The summed E-state index contributed by atoms with van der Waals surface area (Å²) in [7, 11) is 0. The fourth-order valence-corrected chi connectivity index (χ4v) is 3.55. The Bertz CT molecular complexity index is 1420. The zero-order valence-corrected chi connectivity index (χ0v) is 18.4. The predicted molar refractivity (Wildman–Crippen MR) is 131 cm³/mol. The Morgan fingerprint density at radius 1 is 0.595 bits per heavy atom. The third kappa shape index (κ3) is 5.02. The summed E-state index contributed by atoms with van der Waals surface area (Å²) in [4.78, 5) is 41.6. The number of hydrazone groups is 2. The highest BCUT2D eigenvalue weighted by atomic mass is 16.6.